The fourth-order valence-electron chi connectivity index (χ4n) is 1.73. The van der Waals surface area contributed by atoms with E-state index in [2.05, 4.69) is 10.6 Å². The van der Waals surface area contributed by atoms with Gasteiger partial charge in [-0.05, 0) is 38.0 Å². The Morgan fingerprint density at radius 3 is 2.60 bits per heavy atom. The third kappa shape index (κ3) is 3.81. The second-order valence-corrected chi connectivity index (χ2v) is 5.47. The predicted octanol–water partition coefficient (Wildman–Crippen LogP) is 1.50. The minimum atomic E-state index is -0.279. The molecule has 2 rings (SSSR count). The second-order valence-electron chi connectivity index (χ2n) is 5.47. The Morgan fingerprint density at radius 2 is 2.00 bits per heavy atom. The van der Waals surface area contributed by atoms with Crippen molar-refractivity contribution >= 4 is 17.5 Å². The van der Waals surface area contributed by atoms with Crippen LogP contribution in [-0.4, -0.2) is 23.9 Å². The van der Waals surface area contributed by atoms with Crippen molar-refractivity contribution in [3.8, 4) is 0 Å². The van der Waals surface area contributed by atoms with E-state index in [0.29, 0.717) is 17.3 Å². The maximum atomic E-state index is 11.9. The highest BCUT2D eigenvalue weighted by atomic mass is 16.2. The zero-order chi connectivity index (χ0) is 14.7. The van der Waals surface area contributed by atoms with E-state index < -0.39 is 0 Å². The largest absolute Gasteiger partial charge is 0.349 e. The Morgan fingerprint density at radius 1 is 1.30 bits per heavy atom. The van der Waals surface area contributed by atoms with Gasteiger partial charge in [-0.25, -0.2) is 0 Å². The molecule has 20 heavy (non-hydrogen) atoms. The van der Waals surface area contributed by atoms with E-state index in [1.54, 1.807) is 38.1 Å². The Labute approximate surface area is 118 Å². The number of hydrogen-bond acceptors (Lipinski definition) is 3. The van der Waals surface area contributed by atoms with Gasteiger partial charge in [0.15, 0.2) is 0 Å². The first kappa shape index (κ1) is 14.5. The normalized spacial score (nSPS) is 17.1. The molecular weight excluding hydrogens is 254 g/mol. The standard InChI is InChI=1S/C15H21N3O2/c1-9(10(2)16)14(19)18-13-5-3-4-11(8-13)15(20)17-12-6-7-12/h3-5,8-10,12H,6-7,16H2,1-2H3,(H,17,20)(H,18,19). The highest BCUT2D eigenvalue weighted by molar-refractivity contribution is 5.98. The molecule has 5 nitrogen and oxygen atoms in total. The van der Waals surface area contributed by atoms with Gasteiger partial charge in [0.25, 0.3) is 5.91 Å². The van der Waals surface area contributed by atoms with Gasteiger partial charge in [0.05, 0.1) is 5.92 Å². The molecule has 2 atom stereocenters. The summed E-state index contributed by atoms with van der Waals surface area (Å²) in [6.45, 7) is 3.58. The van der Waals surface area contributed by atoms with E-state index in [4.69, 9.17) is 5.73 Å². The molecule has 0 bridgehead atoms. The van der Waals surface area contributed by atoms with Crippen LogP contribution >= 0.6 is 0 Å². The van der Waals surface area contributed by atoms with Crippen molar-refractivity contribution in [1.82, 2.24) is 5.32 Å². The Balaban J connectivity index is 2.01. The highest BCUT2D eigenvalue weighted by Crippen LogP contribution is 2.20. The highest BCUT2D eigenvalue weighted by Gasteiger charge is 2.24. The van der Waals surface area contributed by atoms with Gasteiger partial charge in [-0.2, -0.15) is 0 Å². The second kappa shape index (κ2) is 6.05. The average Bonchev–Trinajstić information content (AvgIpc) is 3.21. The minimum absolute atomic E-state index is 0.0937. The van der Waals surface area contributed by atoms with Gasteiger partial charge in [-0.1, -0.05) is 13.0 Å². The van der Waals surface area contributed by atoms with Gasteiger partial charge in [-0.3, -0.25) is 9.59 Å². The first-order valence-electron chi connectivity index (χ1n) is 6.94. The molecule has 0 saturated heterocycles. The summed E-state index contributed by atoms with van der Waals surface area (Å²) < 4.78 is 0. The van der Waals surface area contributed by atoms with Crippen molar-refractivity contribution in [2.45, 2.75) is 38.8 Å². The van der Waals surface area contributed by atoms with Crippen LogP contribution in [0.3, 0.4) is 0 Å². The molecule has 0 aliphatic heterocycles. The third-order valence-electron chi connectivity index (χ3n) is 3.51. The summed E-state index contributed by atoms with van der Waals surface area (Å²) in [5.74, 6) is -0.512. The molecule has 0 aromatic heterocycles. The molecule has 1 fully saturated rings. The topological polar surface area (TPSA) is 84.2 Å². The van der Waals surface area contributed by atoms with Crippen molar-refractivity contribution in [2.75, 3.05) is 5.32 Å². The minimum Gasteiger partial charge on any atom is -0.349 e. The molecule has 108 valence electrons. The molecule has 0 spiro atoms. The van der Waals surface area contributed by atoms with Crippen LogP contribution in [0.25, 0.3) is 0 Å². The van der Waals surface area contributed by atoms with E-state index in [1.165, 1.54) is 0 Å². The molecule has 5 heteroatoms. The van der Waals surface area contributed by atoms with Gasteiger partial charge in [0, 0.05) is 23.3 Å². The molecular formula is C15H21N3O2. The first-order valence-corrected chi connectivity index (χ1v) is 6.94. The molecule has 2 unspecified atom stereocenters. The van der Waals surface area contributed by atoms with Crippen molar-refractivity contribution in [2.24, 2.45) is 11.7 Å². The average molecular weight is 275 g/mol. The van der Waals surface area contributed by atoms with Crippen molar-refractivity contribution in [3.05, 3.63) is 29.8 Å². The van der Waals surface area contributed by atoms with E-state index in [0.717, 1.165) is 12.8 Å². The zero-order valence-electron chi connectivity index (χ0n) is 11.8. The SMILES string of the molecule is CC(N)C(C)C(=O)Nc1cccc(C(=O)NC2CC2)c1. The molecule has 1 aromatic rings. The number of carbonyl (C=O) groups excluding carboxylic acids is 2. The summed E-state index contributed by atoms with van der Waals surface area (Å²) in [7, 11) is 0. The van der Waals surface area contributed by atoms with Gasteiger partial charge in [0.1, 0.15) is 0 Å². The zero-order valence-corrected chi connectivity index (χ0v) is 11.8. The summed E-state index contributed by atoms with van der Waals surface area (Å²) in [5, 5.41) is 5.71. The van der Waals surface area contributed by atoms with Gasteiger partial charge in [0.2, 0.25) is 5.91 Å². The van der Waals surface area contributed by atoms with Gasteiger partial charge < -0.3 is 16.4 Å². The molecule has 1 saturated carbocycles. The third-order valence-corrected chi connectivity index (χ3v) is 3.51. The molecule has 1 aliphatic rings. The molecule has 1 aromatic carbocycles. The summed E-state index contributed by atoms with van der Waals surface area (Å²) in [6.07, 6.45) is 2.10. The number of anilines is 1. The molecule has 0 radical (unpaired) electrons. The summed E-state index contributed by atoms with van der Waals surface area (Å²) in [6, 6.07) is 7.05. The Kier molecular flexibility index (Phi) is 4.39. The number of nitrogens with two attached hydrogens (primary N) is 1. The molecule has 4 N–H and O–H groups in total. The summed E-state index contributed by atoms with van der Waals surface area (Å²) in [5.41, 5.74) is 6.88. The number of rotatable bonds is 5. The van der Waals surface area contributed by atoms with Crippen LogP contribution in [0, 0.1) is 5.92 Å². The van der Waals surface area contributed by atoms with Crippen LogP contribution in [-0.2, 0) is 4.79 Å². The maximum absolute atomic E-state index is 11.9. The van der Waals surface area contributed by atoms with Crippen LogP contribution in [0.1, 0.15) is 37.0 Å². The van der Waals surface area contributed by atoms with Crippen LogP contribution in [0.5, 0.6) is 0 Å². The van der Waals surface area contributed by atoms with E-state index in [-0.39, 0.29) is 23.8 Å². The van der Waals surface area contributed by atoms with Gasteiger partial charge >= 0.3 is 0 Å². The molecule has 0 heterocycles. The molecule has 2 amide bonds. The lowest BCUT2D eigenvalue weighted by atomic mass is 10.0. The Hall–Kier alpha value is -1.88. The summed E-state index contributed by atoms with van der Waals surface area (Å²) >= 11 is 0. The lowest BCUT2D eigenvalue weighted by molar-refractivity contribution is -0.119. The quantitative estimate of drug-likeness (QED) is 0.761. The van der Waals surface area contributed by atoms with E-state index >= 15 is 0 Å². The van der Waals surface area contributed by atoms with Crippen LogP contribution < -0.4 is 16.4 Å². The van der Waals surface area contributed by atoms with Crippen molar-refractivity contribution in [1.29, 1.82) is 0 Å². The van der Waals surface area contributed by atoms with E-state index in [9.17, 15) is 9.59 Å². The van der Waals surface area contributed by atoms with E-state index in [1.807, 2.05) is 0 Å². The molecule has 1 aliphatic carbocycles. The Bertz CT molecular complexity index is 510. The first-order chi connectivity index (χ1) is 9.47. The number of carbonyl (C=O) groups is 2. The number of nitrogens with one attached hydrogen (secondary N) is 2. The monoisotopic (exact) mass is 275 g/mol. The van der Waals surface area contributed by atoms with Crippen molar-refractivity contribution < 1.29 is 9.59 Å². The fraction of sp³-hybridized carbons (Fsp3) is 0.467. The lowest BCUT2D eigenvalue weighted by Crippen LogP contribution is -2.34. The number of hydrogen-bond donors (Lipinski definition) is 3. The lowest BCUT2D eigenvalue weighted by Gasteiger charge is -2.15. The smallest absolute Gasteiger partial charge is 0.251 e. The summed E-state index contributed by atoms with van der Waals surface area (Å²) in [4.78, 5) is 23.9. The fourth-order valence-corrected chi connectivity index (χ4v) is 1.73. The van der Waals surface area contributed by atoms with Gasteiger partial charge in [-0.15, -0.1) is 0 Å². The predicted molar refractivity (Wildman–Crippen MR) is 78.4 cm³/mol. The van der Waals surface area contributed by atoms with Crippen LogP contribution in [0.4, 0.5) is 5.69 Å². The van der Waals surface area contributed by atoms with Crippen LogP contribution in [0.15, 0.2) is 24.3 Å². The maximum Gasteiger partial charge on any atom is 0.251 e. The number of amides is 2. The van der Waals surface area contributed by atoms with Crippen LogP contribution in [0.2, 0.25) is 0 Å². The van der Waals surface area contributed by atoms with Crippen molar-refractivity contribution in [3.63, 3.8) is 0 Å². The number of benzene rings is 1.